The van der Waals surface area contributed by atoms with Crippen LogP contribution in [0.2, 0.25) is 0 Å². The second kappa shape index (κ2) is 9.25. The molecule has 0 saturated heterocycles. The molecule has 146 valence electrons. The molecule has 4 nitrogen and oxygen atoms in total. The van der Waals surface area contributed by atoms with Crippen molar-refractivity contribution in [1.29, 1.82) is 0 Å². The number of ether oxygens (including phenoxy) is 1. The molecule has 0 aromatic heterocycles. The highest BCUT2D eigenvalue weighted by Gasteiger charge is 2.25. The van der Waals surface area contributed by atoms with Crippen molar-refractivity contribution in [3.8, 4) is 5.75 Å². The van der Waals surface area contributed by atoms with E-state index >= 15 is 0 Å². The van der Waals surface area contributed by atoms with Crippen LogP contribution in [-0.2, 0) is 12.8 Å². The first-order valence-electron chi connectivity index (χ1n) is 9.91. The predicted molar refractivity (Wildman–Crippen MR) is 112 cm³/mol. The minimum Gasteiger partial charge on any atom is -0.491 e. The second-order valence-corrected chi connectivity index (χ2v) is 7.63. The van der Waals surface area contributed by atoms with Gasteiger partial charge < -0.3 is 14.7 Å². The average Bonchev–Trinajstić information content (AvgIpc) is 3.10. The van der Waals surface area contributed by atoms with Crippen molar-refractivity contribution in [2.24, 2.45) is 0 Å². The molecule has 1 aliphatic carbocycles. The first kappa shape index (κ1) is 19.7. The molecule has 1 unspecified atom stereocenters. The molecule has 1 aliphatic rings. The third kappa shape index (κ3) is 5.02. The average molecular weight is 369 g/mol. The van der Waals surface area contributed by atoms with E-state index in [4.69, 9.17) is 9.84 Å². The van der Waals surface area contributed by atoms with Crippen LogP contribution in [0.1, 0.15) is 35.6 Å². The molecule has 0 radical (unpaired) electrons. The Bertz CT molecular complexity index is 728. The van der Waals surface area contributed by atoms with Crippen LogP contribution in [0.15, 0.2) is 42.5 Å². The molecule has 3 rings (SSSR count). The molecular weight excluding hydrogens is 336 g/mol. The van der Waals surface area contributed by atoms with E-state index in [1.165, 1.54) is 35.2 Å². The van der Waals surface area contributed by atoms with E-state index in [-0.39, 0.29) is 6.61 Å². The van der Waals surface area contributed by atoms with Gasteiger partial charge in [-0.05, 0) is 80.2 Å². The molecule has 1 atom stereocenters. The Hall–Kier alpha value is -2.04. The standard InChI is InChI=1S/C23H32N2O2/c1-24(2)20-9-6-18(7-10-20)5-4-14-25(3)23-13-8-19-17-21(27-16-15-26)11-12-22(19)23/h6-7,9-12,17,23,26H,4-5,8,13-16H2,1-3H3. The van der Waals surface area contributed by atoms with Crippen molar-refractivity contribution in [3.05, 3.63) is 59.2 Å². The molecule has 0 aliphatic heterocycles. The molecule has 4 heteroatoms. The van der Waals surface area contributed by atoms with Crippen molar-refractivity contribution >= 4 is 5.69 Å². The van der Waals surface area contributed by atoms with Gasteiger partial charge in [-0.25, -0.2) is 0 Å². The molecule has 0 amide bonds. The monoisotopic (exact) mass is 368 g/mol. The Labute approximate surface area is 163 Å². The Kier molecular flexibility index (Phi) is 6.75. The molecule has 0 heterocycles. The van der Waals surface area contributed by atoms with E-state index in [0.717, 1.165) is 25.1 Å². The topological polar surface area (TPSA) is 35.9 Å². The maximum atomic E-state index is 8.90. The molecule has 0 spiro atoms. The summed E-state index contributed by atoms with van der Waals surface area (Å²) in [5.41, 5.74) is 5.48. The summed E-state index contributed by atoms with van der Waals surface area (Å²) in [5.74, 6) is 0.868. The van der Waals surface area contributed by atoms with Gasteiger partial charge in [0.2, 0.25) is 0 Å². The zero-order chi connectivity index (χ0) is 19.2. The highest BCUT2D eigenvalue weighted by Crippen LogP contribution is 2.37. The summed E-state index contributed by atoms with van der Waals surface area (Å²) in [5, 5.41) is 8.90. The predicted octanol–water partition coefficient (Wildman–Crippen LogP) is 3.68. The maximum Gasteiger partial charge on any atom is 0.119 e. The molecule has 2 aromatic rings. The smallest absolute Gasteiger partial charge is 0.119 e. The fraction of sp³-hybridized carbons (Fsp3) is 0.478. The molecule has 27 heavy (non-hydrogen) atoms. The fourth-order valence-corrected chi connectivity index (χ4v) is 3.93. The Morgan fingerprint density at radius 2 is 1.85 bits per heavy atom. The van der Waals surface area contributed by atoms with Gasteiger partial charge in [-0.2, -0.15) is 0 Å². The van der Waals surface area contributed by atoms with Gasteiger partial charge in [0, 0.05) is 25.8 Å². The van der Waals surface area contributed by atoms with Crippen LogP contribution in [0.4, 0.5) is 5.69 Å². The molecule has 0 bridgehead atoms. The lowest BCUT2D eigenvalue weighted by Gasteiger charge is -2.25. The minimum absolute atomic E-state index is 0.0559. The summed E-state index contributed by atoms with van der Waals surface area (Å²) in [7, 11) is 6.39. The first-order valence-corrected chi connectivity index (χ1v) is 9.91. The zero-order valence-electron chi connectivity index (χ0n) is 16.8. The van der Waals surface area contributed by atoms with E-state index in [0.29, 0.717) is 12.6 Å². The van der Waals surface area contributed by atoms with E-state index in [2.05, 4.69) is 67.3 Å². The van der Waals surface area contributed by atoms with Crippen molar-refractivity contribution < 1.29 is 9.84 Å². The second-order valence-electron chi connectivity index (χ2n) is 7.63. The number of nitrogens with zero attached hydrogens (tertiary/aromatic N) is 2. The van der Waals surface area contributed by atoms with E-state index in [1.807, 2.05) is 6.07 Å². The number of aliphatic hydroxyl groups is 1. The van der Waals surface area contributed by atoms with Gasteiger partial charge in [-0.15, -0.1) is 0 Å². The number of anilines is 1. The summed E-state index contributed by atoms with van der Waals surface area (Å²) < 4.78 is 5.55. The van der Waals surface area contributed by atoms with Crippen molar-refractivity contribution in [2.75, 3.05) is 45.8 Å². The number of rotatable bonds is 9. The SMILES string of the molecule is CN(C)c1ccc(CCCN(C)C2CCc3cc(OCCO)ccc32)cc1. The van der Waals surface area contributed by atoms with Crippen LogP contribution in [0.3, 0.4) is 0 Å². The summed E-state index contributed by atoms with van der Waals surface area (Å²) in [6.45, 7) is 1.51. The van der Waals surface area contributed by atoms with Gasteiger partial charge in [0.1, 0.15) is 12.4 Å². The summed E-state index contributed by atoms with van der Waals surface area (Å²) in [6.07, 6.45) is 4.56. The molecule has 1 N–H and O–H groups in total. The fourth-order valence-electron chi connectivity index (χ4n) is 3.93. The highest BCUT2D eigenvalue weighted by molar-refractivity contribution is 5.46. The summed E-state index contributed by atoms with van der Waals surface area (Å²) >= 11 is 0. The van der Waals surface area contributed by atoms with Crippen LogP contribution in [0.5, 0.6) is 5.75 Å². The highest BCUT2D eigenvalue weighted by atomic mass is 16.5. The van der Waals surface area contributed by atoms with Crippen molar-refractivity contribution in [2.45, 2.75) is 31.7 Å². The molecule has 2 aromatic carbocycles. The van der Waals surface area contributed by atoms with Gasteiger partial charge in [0.15, 0.2) is 0 Å². The lowest BCUT2D eigenvalue weighted by atomic mass is 10.1. The normalized spacial score (nSPS) is 15.8. The number of aryl methyl sites for hydroxylation is 2. The molecule has 0 fully saturated rings. The van der Waals surface area contributed by atoms with Gasteiger partial charge >= 0.3 is 0 Å². The van der Waals surface area contributed by atoms with Gasteiger partial charge in [0.05, 0.1) is 6.61 Å². The largest absolute Gasteiger partial charge is 0.491 e. The summed E-state index contributed by atoms with van der Waals surface area (Å²) in [6, 6.07) is 15.8. The Balaban J connectivity index is 1.51. The number of fused-ring (bicyclic) bond motifs is 1. The lowest BCUT2D eigenvalue weighted by molar-refractivity contribution is 0.201. The van der Waals surface area contributed by atoms with Crippen molar-refractivity contribution in [1.82, 2.24) is 4.90 Å². The number of benzene rings is 2. The van der Waals surface area contributed by atoms with Crippen LogP contribution in [0, 0.1) is 0 Å². The maximum absolute atomic E-state index is 8.90. The molecular formula is C23H32N2O2. The van der Waals surface area contributed by atoms with Crippen LogP contribution in [0.25, 0.3) is 0 Å². The zero-order valence-corrected chi connectivity index (χ0v) is 16.8. The van der Waals surface area contributed by atoms with Crippen LogP contribution < -0.4 is 9.64 Å². The third-order valence-corrected chi connectivity index (χ3v) is 5.48. The van der Waals surface area contributed by atoms with E-state index in [1.54, 1.807) is 0 Å². The first-order chi connectivity index (χ1) is 13.1. The lowest BCUT2D eigenvalue weighted by Crippen LogP contribution is -2.24. The third-order valence-electron chi connectivity index (χ3n) is 5.48. The Morgan fingerprint density at radius 1 is 1.07 bits per heavy atom. The van der Waals surface area contributed by atoms with Gasteiger partial charge in [0.25, 0.3) is 0 Å². The minimum atomic E-state index is 0.0559. The van der Waals surface area contributed by atoms with Gasteiger partial charge in [-0.3, -0.25) is 4.90 Å². The molecule has 0 saturated carbocycles. The number of aliphatic hydroxyl groups excluding tert-OH is 1. The van der Waals surface area contributed by atoms with Gasteiger partial charge in [-0.1, -0.05) is 18.2 Å². The van der Waals surface area contributed by atoms with E-state index in [9.17, 15) is 0 Å². The number of hydrogen-bond donors (Lipinski definition) is 1. The Morgan fingerprint density at radius 3 is 2.56 bits per heavy atom. The van der Waals surface area contributed by atoms with Crippen LogP contribution in [-0.4, -0.2) is 50.9 Å². The van der Waals surface area contributed by atoms with E-state index < -0.39 is 0 Å². The quantitative estimate of drug-likeness (QED) is 0.732. The summed E-state index contributed by atoms with van der Waals surface area (Å²) in [4.78, 5) is 4.63. The van der Waals surface area contributed by atoms with Crippen LogP contribution >= 0.6 is 0 Å². The number of hydrogen-bond acceptors (Lipinski definition) is 4. The van der Waals surface area contributed by atoms with Crippen molar-refractivity contribution in [3.63, 3.8) is 0 Å².